The summed E-state index contributed by atoms with van der Waals surface area (Å²) in [5, 5.41) is 10.7. The molecule has 110 valence electrons. The number of rotatable bonds is 1. The summed E-state index contributed by atoms with van der Waals surface area (Å²) in [6.07, 6.45) is 12.0. The Balaban J connectivity index is 1.45. The second-order valence-electron chi connectivity index (χ2n) is 7.47. The topological polar surface area (TPSA) is 40.5 Å². The molecule has 5 unspecified atom stereocenters. The summed E-state index contributed by atoms with van der Waals surface area (Å²) in [5.41, 5.74) is -0.469. The third-order valence-corrected chi connectivity index (χ3v) is 6.34. The third-order valence-electron chi connectivity index (χ3n) is 6.34. The van der Waals surface area contributed by atoms with E-state index < -0.39 is 5.60 Å². The lowest BCUT2D eigenvalue weighted by molar-refractivity contribution is -0.148. The fourth-order valence-electron chi connectivity index (χ4n) is 5.07. The molecule has 0 aromatic rings. The zero-order valence-electron chi connectivity index (χ0n) is 12.1. The Morgan fingerprint density at radius 1 is 1.20 bits per heavy atom. The fraction of sp³-hybridized carbons (Fsp3) is 0.824. The van der Waals surface area contributed by atoms with Gasteiger partial charge in [0.15, 0.2) is 0 Å². The van der Waals surface area contributed by atoms with Crippen LogP contribution in [0.2, 0.25) is 0 Å². The predicted octanol–water partition coefficient (Wildman–Crippen LogP) is 2.35. The summed E-state index contributed by atoms with van der Waals surface area (Å²) in [5.74, 6) is 2.09. The molecule has 1 aliphatic heterocycles. The van der Waals surface area contributed by atoms with Gasteiger partial charge >= 0.3 is 0 Å². The minimum Gasteiger partial charge on any atom is -0.389 e. The normalized spacial score (nSPS) is 46.5. The maximum Gasteiger partial charge on any atom is 0.226 e. The van der Waals surface area contributed by atoms with E-state index in [1.54, 1.807) is 0 Å². The van der Waals surface area contributed by atoms with Crippen molar-refractivity contribution in [3.63, 3.8) is 0 Å². The quantitative estimate of drug-likeness (QED) is 0.746. The van der Waals surface area contributed by atoms with E-state index in [1.807, 2.05) is 0 Å². The number of allylic oxidation sites excluding steroid dienone is 2. The highest BCUT2D eigenvalue weighted by atomic mass is 16.3. The number of likely N-dealkylation sites (tertiary alicyclic amines) is 1. The molecule has 2 saturated carbocycles. The highest BCUT2D eigenvalue weighted by Crippen LogP contribution is 2.45. The summed E-state index contributed by atoms with van der Waals surface area (Å²) in [4.78, 5) is 14.9. The van der Waals surface area contributed by atoms with Gasteiger partial charge in [-0.2, -0.15) is 0 Å². The van der Waals surface area contributed by atoms with Crippen molar-refractivity contribution in [1.82, 2.24) is 4.90 Å². The molecule has 3 fully saturated rings. The van der Waals surface area contributed by atoms with Gasteiger partial charge in [0.25, 0.3) is 0 Å². The van der Waals surface area contributed by atoms with Gasteiger partial charge in [-0.25, -0.2) is 0 Å². The second kappa shape index (κ2) is 4.59. The first-order valence-corrected chi connectivity index (χ1v) is 8.35. The summed E-state index contributed by atoms with van der Waals surface area (Å²) in [7, 11) is 0. The van der Waals surface area contributed by atoms with Crippen LogP contribution in [-0.2, 0) is 4.79 Å². The number of carbonyl (C=O) groups is 1. The van der Waals surface area contributed by atoms with E-state index in [9.17, 15) is 9.90 Å². The van der Waals surface area contributed by atoms with E-state index >= 15 is 0 Å². The number of carbonyl (C=O) groups excluding carboxylic acids is 1. The lowest BCUT2D eigenvalue weighted by Crippen LogP contribution is -2.55. The number of aliphatic hydroxyl groups is 1. The standard InChI is InChI=1S/C17H25NO2/c19-16(15-10-12-4-5-13(15)9-12)18-8-7-17(20)6-2-1-3-14(17)11-18/h4-5,12-15,20H,1-3,6-11H2. The van der Waals surface area contributed by atoms with E-state index in [0.29, 0.717) is 23.7 Å². The van der Waals surface area contributed by atoms with Crippen molar-refractivity contribution in [1.29, 1.82) is 0 Å². The molecule has 1 heterocycles. The molecule has 20 heavy (non-hydrogen) atoms. The first-order valence-electron chi connectivity index (χ1n) is 8.35. The van der Waals surface area contributed by atoms with Gasteiger partial charge in [0.1, 0.15) is 0 Å². The van der Waals surface area contributed by atoms with Gasteiger partial charge in [0.2, 0.25) is 5.91 Å². The van der Waals surface area contributed by atoms with Gasteiger partial charge < -0.3 is 10.0 Å². The van der Waals surface area contributed by atoms with Crippen LogP contribution in [0.15, 0.2) is 12.2 Å². The van der Waals surface area contributed by atoms with E-state index in [-0.39, 0.29) is 5.92 Å². The lowest BCUT2D eigenvalue weighted by atomic mass is 9.71. The van der Waals surface area contributed by atoms with Crippen LogP contribution in [-0.4, -0.2) is 34.6 Å². The molecule has 0 aromatic heterocycles. The number of fused-ring (bicyclic) bond motifs is 3. The molecule has 4 rings (SSSR count). The molecule has 1 amide bonds. The molecule has 1 saturated heterocycles. The largest absolute Gasteiger partial charge is 0.389 e. The molecule has 0 aromatic carbocycles. The second-order valence-corrected chi connectivity index (χ2v) is 7.47. The number of hydrogen-bond acceptors (Lipinski definition) is 2. The number of hydrogen-bond donors (Lipinski definition) is 1. The predicted molar refractivity (Wildman–Crippen MR) is 76.9 cm³/mol. The van der Waals surface area contributed by atoms with Crippen LogP contribution in [0.1, 0.15) is 44.9 Å². The van der Waals surface area contributed by atoms with Crippen molar-refractivity contribution in [2.24, 2.45) is 23.7 Å². The molecule has 3 nitrogen and oxygen atoms in total. The molecule has 4 aliphatic rings. The van der Waals surface area contributed by atoms with Gasteiger partial charge in [-0.05, 0) is 43.9 Å². The highest BCUT2D eigenvalue weighted by Gasteiger charge is 2.47. The smallest absolute Gasteiger partial charge is 0.226 e. The maximum atomic E-state index is 12.8. The van der Waals surface area contributed by atoms with E-state index in [4.69, 9.17) is 0 Å². The molecule has 2 bridgehead atoms. The zero-order valence-corrected chi connectivity index (χ0v) is 12.1. The van der Waals surface area contributed by atoms with Crippen LogP contribution in [0, 0.1) is 23.7 Å². The highest BCUT2D eigenvalue weighted by molar-refractivity contribution is 5.80. The maximum absolute atomic E-state index is 12.8. The minimum absolute atomic E-state index is 0.236. The van der Waals surface area contributed by atoms with Crippen molar-refractivity contribution in [2.45, 2.75) is 50.5 Å². The van der Waals surface area contributed by atoms with E-state index in [2.05, 4.69) is 17.1 Å². The van der Waals surface area contributed by atoms with Crippen LogP contribution < -0.4 is 0 Å². The average Bonchev–Trinajstić information content (AvgIpc) is 3.08. The Bertz CT molecular complexity index is 446. The van der Waals surface area contributed by atoms with Crippen LogP contribution in [0.4, 0.5) is 0 Å². The van der Waals surface area contributed by atoms with Crippen LogP contribution in [0.5, 0.6) is 0 Å². The van der Waals surface area contributed by atoms with Gasteiger partial charge in [0.05, 0.1) is 5.60 Å². The molecule has 0 radical (unpaired) electrons. The Labute approximate surface area is 121 Å². The van der Waals surface area contributed by atoms with Gasteiger partial charge in [0, 0.05) is 24.9 Å². The van der Waals surface area contributed by atoms with Crippen LogP contribution in [0.3, 0.4) is 0 Å². The molecule has 3 heteroatoms. The van der Waals surface area contributed by atoms with Crippen LogP contribution in [0.25, 0.3) is 0 Å². The van der Waals surface area contributed by atoms with E-state index in [0.717, 1.165) is 45.2 Å². The first-order chi connectivity index (χ1) is 9.66. The first kappa shape index (κ1) is 12.9. The summed E-state index contributed by atoms with van der Waals surface area (Å²) >= 11 is 0. The summed E-state index contributed by atoms with van der Waals surface area (Å²) in [6.45, 7) is 1.57. The summed E-state index contributed by atoms with van der Waals surface area (Å²) in [6, 6.07) is 0. The molecular weight excluding hydrogens is 250 g/mol. The number of amides is 1. The molecule has 5 atom stereocenters. The van der Waals surface area contributed by atoms with Crippen molar-refractivity contribution in [3.05, 3.63) is 12.2 Å². The average molecular weight is 275 g/mol. The van der Waals surface area contributed by atoms with Crippen molar-refractivity contribution in [3.8, 4) is 0 Å². The molecular formula is C17H25NO2. The monoisotopic (exact) mass is 275 g/mol. The van der Waals surface area contributed by atoms with Gasteiger partial charge in [-0.3, -0.25) is 4.79 Å². The number of nitrogens with zero attached hydrogens (tertiary/aromatic N) is 1. The third kappa shape index (κ3) is 1.93. The van der Waals surface area contributed by atoms with Crippen LogP contribution >= 0.6 is 0 Å². The fourth-order valence-corrected chi connectivity index (χ4v) is 5.07. The summed E-state index contributed by atoms with van der Waals surface area (Å²) < 4.78 is 0. The Morgan fingerprint density at radius 2 is 2.10 bits per heavy atom. The van der Waals surface area contributed by atoms with Gasteiger partial charge in [-0.15, -0.1) is 0 Å². The van der Waals surface area contributed by atoms with Gasteiger partial charge in [-0.1, -0.05) is 25.0 Å². The Kier molecular flexibility index (Phi) is 2.95. The lowest BCUT2D eigenvalue weighted by Gasteiger charge is -2.48. The van der Waals surface area contributed by atoms with Crippen molar-refractivity contribution in [2.75, 3.05) is 13.1 Å². The van der Waals surface area contributed by atoms with Crippen molar-refractivity contribution >= 4 is 5.91 Å². The zero-order chi connectivity index (χ0) is 13.7. The Morgan fingerprint density at radius 3 is 2.85 bits per heavy atom. The van der Waals surface area contributed by atoms with E-state index in [1.165, 1.54) is 12.8 Å². The SMILES string of the molecule is O=C(C1CC2C=CC1C2)N1CCC2(O)CCCCC2C1. The Hall–Kier alpha value is -0.830. The molecule has 0 spiro atoms. The minimum atomic E-state index is -0.469. The number of piperidine rings is 1. The molecule has 1 N–H and O–H groups in total. The van der Waals surface area contributed by atoms with Crippen molar-refractivity contribution < 1.29 is 9.90 Å². The molecule has 3 aliphatic carbocycles.